The summed E-state index contributed by atoms with van der Waals surface area (Å²) >= 11 is 2.18. The number of benzene rings is 2. The number of nitrogens with one attached hydrogen (secondary N) is 2. The zero-order valence-electron chi connectivity index (χ0n) is 13.7. The van der Waals surface area contributed by atoms with Crippen molar-refractivity contribution < 1.29 is 14.3 Å². The SMILES string of the molecule is CC(C)(C)OC(=O)Nc1ccccc1NC(=O)c1ccc(I)cc1. The van der Waals surface area contributed by atoms with Crippen LogP contribution < -0.4 is 10.6 Å². The molecule has 2 aromatic carbocycles. The normalized spacial score (nSPS) is 10.8. The fourth-order valence-electron chi connectivity index (χ4n) is 1.91. The predicted octanol–water partition coefficient (Wildman–Crippen LogP) is 4.89. The van der Waals surface area contributed by atoms with Gasteiger partial charge in [0.2, 0.25) is 0 Å². The monoisotopic (exact) mass is 438 g/mol. The van der Waals surface area contributed by atoms with Crippen LogP contribution in [0.3, 0.4) is 0 Å². The average molecular weight is 438 g/mol. The minimum Gasteiger partial charge on any atom is -0.444 e. The lowest BCUT2D eigenvalue weighted by molar-refractivity contribution is 0.0635. The highest BCUT2D eigenvalue weighted by Gasteiger charge is 2.17. The van der Waals surface area contributed by atoms with E-state index in [9.17, 15) is 9.59 Å². The quantitative estimate of drug-likeness (QED) is 0.671. The predicted molar refractivity (Wildman–Crippen MR) is 103 cm³/mol. The van der Waals surface area contributed by atoms with Gasteiger partial charge in [0.15, 0.2) is 0 Å². The highest BCUT2D eigenvalue weighted by atomic mass is 127. The Labute approximate surface area is 154 Å². The van der Waals surface area contributed by atoms with Gasteiger partial charge in [-0.2, -0.15) is 0 Å². The first-order chi connectivity index (χ1) is 11.2. The van der Waals surface area contributed by atoms with E-state index in [0.29, 0.717) is 16.9 Å². The van der Waals surface area contributed by atoms with Crippen molar-refractivity contribution in [1.29, 1.82) is 0 Å². The van der Waals surface area contributed by atoms with Gasteiger partial charge in [-0.3, -0.25) is 10.1 Å². The molecule has 0 saturated carbocycles. The van der Waals surface area contributed by atoms with Gasteiger partial charge in [-0.25, -0.2) is 4.79 Å². The maximum absolute atomic E-state index is 12.3. The van der Waals surface area contributed by atoms with E-state index >= 15 is 0 Å². The number of rotatable bonds is 3. The summed E-state index contributed by atoms with van der Waals surface area (Å²) in [4.78, 5) is 24.3. The molecule has 0 aliphatic carbocycles. The lowest BCUT2D eigenvalue weighted by Crippen LogP contribution is -2.27. The van der Waals surface area contributed by atoms with Crippen LogP contribution in [0, 0.1) is 3.57 Å². The molecule has 2 N–H and O–H groups in total. The molecule has 0 bridgehead atoms. The van der Waals surface area contributed by atoms with Crippen molar-refractivity contribution in [3.63, 3.8) is 0 Å². The number of para-hydroxylation sites is 2. The summed E-state index contributed by atoms with van der Waals surface area (Å²) in [5, 5.41) is 5.46. The standard InChI is InChI=1S/C18H19IN2O3/c1-18(2,3)24-17(23)21-15-7-5-4-6-14(15)20-16(22)12-8-10-13(19)11-9-12/h4-11H,1-3H3,(H,20,22)(H,21,23). The Hall–Kier alpha value is -2.09. The molecule has 2 amide bonds. The van der Waals surface area contributed by atoms with Crippen molar-refractivity contribution in [1.82, 2.24) is 0 Å². The number of carbonyl (C=O) groups excluding carboxylic acids is 2. The smallest absolute Gasteiger partial charge is 0.412 e. The van der Waals surface area contributed by atoms with Gasteiger partial charge in [0.05, 0.1) is 11.4 Å². The van der Waals surface area contributed by atoms with E-state index in [-0.39, 0.29) is 5.91 Å². The number of halogens is 1. The van der Waals surface area contributed by atoms with Crippen LogP contribution in [0.4, 0.5) is 16.2 Å². The van der Waals surface area contributed by atoms with Crippen LogP contribution in [0.1, 0.15) is 31.1 Å². The van der Waals surface area contributed by atoms with Gasteiger partial charge in [-0.05, 0) is 79.8 Å². The summed E-state index contributed by atoms with van der Waals surface area (Å²) in [5.41, 5.74) is 0.934. The number of ether oxygens (including phenoxy) is 1. The average Bonchev–Trinajstić information content (AvgIpc) is 2.48. The largest absolute Gasteiger partial charge is 0.444 e. The van der Waals surface area contributed by atoms with Gasteiger partial charge in [-0.1, -0.05) is 12.1 Å². The third kappa shape index (κ3) is 5.52. The molecular weight excluding hydrogens is 419 g/mol. The topological polar surface area (TPSA) is 67.4 Å². The number of anilines is 2. The molecule has 0 saturated heterocycles. The molecule has 0 fully saturated rings. The Morgan fingerprint density at radius 2 is 1.46 bits per heavy atom. The molecule has 2 aromatic rings. The van der Waals surface area contributed by atoms with Crippen LogP contribution in [-0.4, -0.2) is 17.6 Å². The van der Waals surface area contributed by atoms with Gasteiger partial charge < -0.3 is 10.1 Å². The zero-order chi connectivity index (χ0) is 17.7. The molecule has 2 rings (SSSR count). The molecule has 126 valence electrons. The fourth-order valence-corrected chi connectivity index (χ4v) is 2.27. The molecule has 6 heteroatoms. The van der Waals surface area contributed by atoms with E-state index in [2.05, 4.69) is 33.2 Å². The Balaban J connectivity index is 2.12. The lowest BCUT2D eigenvalue weighted by Gasteiger charge is -2.20. The maximum Gasteiger partial charge on any atom is 0.412 e. The Morgan fingerprint density at radius 1 is 0.917 bits per heavy atom. The van der Waals surface area contributed by atoms with E-state index in [4.69, 9.17) is 4.74 Å². The third-order valence-corrected chi connectivity index (χ3v) is 3.64. The molecule has 5 nitrogen and oxygen atoms in total. The summed E-state index contributed by atoms with van der Waals surface area (Å²) in [6.45, 7) is 5.37. The summed E-state index contributed by atoms with van der Waals surface area (Å²) in [7, 11) is 0. The Morgan fingerprint density at radius 3 is 2.00 bits per heavy atom. The Kier molecular flexibility index (Phi) is 5.82. The van der Waals surface area contributed by atoms with Crippen LogP contribution in [0.5, 0.6) is 0 Å². The van der Waals surface area contributed by atoms with Crippen LogP contribution in [-0.2, 0) is 4.74 Å². The van der Waals surface area contributed by atoms with Crippen molar-refractivity contribution in [3.8, 4) is 0 Å². The van der Waals surface area contributed by atoms with E-state index in [1.54, 1.807) is 57.2 Å². The van der Waals surface area contributed by atoms with Crippen molar-refractivity contribution in [3.05, 3.63) is 57.7 Å². The van der Waals surface area contributed by atoms with Crippen molar-refractivity contribution >= 4 is 46.0 Å². The number of carbonyl (C=O) groups is 2. The van der Waals surface area contributed by atoms with Gasteiger partial charge in [0, 0.05) is 9.13 Å². The van der Waals surface area contributed by atoms with Crippen molar-refractivity contribution in [2.75, 3.05) is 10.6 Å². The van der Waals surface area contributed by atoms with Crippen molar-refractivity contribution in [2.24, 2.45) is 0 Å². The minimum atomic E-state index is -0.594. The second kappa shape index (κ2) is 7.65. The summed E-state index contributed by atoms with van der Waals surface area (Å²) in [6, 6.07) is 14.2. The second-order valence-electron chi connectivity index (χ2n) is 6.13. The first kappa shape index (κ1) is 18.3. The summed E-state index contributed by atoms with van der Waals surface area (Å²) in [6.07, 6.45) is -0.571. The Bertz CT molecular complexity index is 737. The number of amides is 2. The molecule has 0 radical (unpaired) electrons. The second-order valence-corrected chi connectivity index (χ2v) is 7.38. The van der Waals surface area contributed by atoms with E-state index in [0.717, 1.165) is 3.57 Å². The number of hydrogen-bond donors (Lipinski definition) is 2. The first-order valence-electron chi connectivity index (χ1n) is 7.40. The molecule has 24 heavy (non-hydrogen) atoms. The number of hydrogen-bond acceptors (Lipinski definition) is 3. The maximum atomic E-state index is 12.3. The highest BCUT2D eigenvalue weighted by Crippen LogP contribution is 2.23. The zero-order valence-corrected chi connectivity index (χ0v) is 15.9. The van der Waals surface area contributed by atoms with Gasteiger partial charge >= 0.3 is 6.09 Å². The molecule has 0 aliphatic heterocycles. The summed E-state index contributed by atoms with van der Waals surface area (Å²) in [5.74, 6) is -0.246. The minimum absolute atomic E-state index is 0.246. The fraction of sp³-hybridized carbons (Fsp3) is 0.222. The van der Waals surface area contributed by atoms with Crippen LogP contribution in [0.25, 0.3) is 0 Å². The van der Waals surface area contributed by atoms with Crippen LogP contribution in [0.15, 0.2) is 48.5 Å². The van der Waals surface area contributed by atoms with Crippen LogP contribution in [0.2, 0.25) is 0 Å². The van der Waals surface area contributed by atoms with Gasteiger partial charge in [-0.15, -0.1) is 0 Å². The van der Waals surface area contributed by atoms with Gasteiger partial charge in [0.25, 0.3) is 5.91 Å². The van der Waals surface area contributed by atoms with Gasteiger partial charge in [0.1, 0.15) is 5.60 Å². The van der Waals surface area contributed by atoms with E-state index in [1.165, 1.54) is 0 Å². The molecular formula is C18H19IN2O3. The molecule has 0 spiro atoms. The molecule has 0 atom stereocenters. The van der Waals surface area contributed by atoms with E-state index < -0.39 is 11.7 Å². The molecule has 0 unspecified atom stereocenters. The van der Waals surface area contributed by atoms with E-state index in [1.807, 2.05) is 12.1 Å². The highest BCUT2D eigenvalue weighted by molar-refractivity contribution is 14.1. The van der Waals surface area contributed by atoms with Crippen molar-refractivity contribution in [2.45, 2.75) is 26.4 Å². The van der Waals surface area contributed by atoms with Crippen LogP contribution >= 0.6 is 22.6 Å². The lowest BCUT2D eigenvalue weighted by atomic mass is 10.2. The third-order valence-electron chi connectivity index (χ3n) is 2.92. The molecule has 0 heterocycles. The molecule has 0 aliphatic rings. The first-order valence-corrected chi connectivity index (χ1v) is 8.48. The summed E-state index contributed by atoms with van der Waals surface area (Å²) < 4.78 is 6.29. The molecule has 0 aromatic heterocycles.